The molecule has 0 amide bonds. The number of hydrogen-bond donors (Lipinski definition) is 0. The summed E-state index contributed by atoms with van der Waals surface area (Å²) in [7, 11) is 0. The fraction of sp³-hybridized carbons (Fsp3) is 0.474. The van der Waals surface area contributed by atoms with Crippen molar-refractivity contribution in [3.63, 3.8) is 0 Å². The van der Waals surface area contributed by atoms with Crippen LogP contribution in [0.4, 0.5) is 23.5 Å². The zero-order valence-corrected chi connectivity index (χ0v) is 15.7. The third-order valence-corrected chi connectivity index (χ3v) is 4.34. The van der Waals surface area contributed by atoms with Gasteiger partial charge in [-0.15, -0.1) is 0 Å². The van der Waals surface area contributed by atoms with Crippen LogP contribution in [0, 0.1) is 5.82 Å². The number of benzene rings is 1. The van der Waals surface area contributed by atoms with Gasteiger partial charge >= 0.3 is 6.18 Å². The van der Waals surface area contributed by atoms with Crippen LogP contribution in [0.5, 0.6) is 11.6 Å². The molecule has 29 heavy (non-hydrogen) atoms. The molecule has 0 atom stereocenters. The van der Waals surface area contributed by atoms with E-state index in [9.17, 15) is 17.6 Å². The molecule has 10 heteroatoms. The van der Waals surface area contributed by atoms with Gasteiger partial charge in [-0.2, -0.15) is 18.2 Å². The molecule has 0 N–H and O–H groups in total. The van der Waals surface area contributed by atoms with Crippen LogP contribution in [0.1, 0.15) is 6.42 Å². The first-order chi connectivity index (χ1) is 13.9. The van der Waals surface area contributed by atoms with Gasteiger partial charge in [-0.3, -0.25) is 4.90 Å². The molecule has 0 bridgehead atoms. The van der Waals surface area contributed by atoms with Crippen LogP contribution in [0.25, 0.3) is 0 Å². The second-order valence-electron chi connectivity index (χ2n) is 6.60. The maximum atomic E-state index is 13.0. The second-order valence-corrected chi connectivity index (χ2v) is 6.60. The molecule has 2 aromatic rings. The Hall–Kier alpha value is -2.46. The van der Waals surface area contributed by atoms with Gasteiger partial charge in [-0.05, 0) is 30.7 Å². The van der Waals surface area contributed by atoms with Crippen LogP contribution in [-0.2, 0) is 4.74 Å². The summed E-state index contributed by atoms with van der Waals surface area (Å²) in [5.41, 5.74) is 0. The van der Waals surface area contributed by atoms with Crippen molar-refractivity contribution in [2.45, 2.75) is 12.6 Å². The van der Waals surface area contributed by atoms with Gasteiger partial charge in [0.1, 0.15) is 18.2 Å². The van der Waals surface area contributed by atoms with Crippen molar-refractivity contribution in [1.82, 2.24) is 14.9 Å². The maximum absolute atomic E-state index is 13.0. The molecule has 0 aliphatic carbocycles. The minimum Gasteiger partial charge on any atom is -0.439 e. The summed E-state index contributed by atoms with van der Waals surface area (Å²) in [5, 5.41) is 0. The van der Waals surface area contributed by atoms with Crippen LogP contribution in [-0.4, -0.2) is 67.0 Å². The number of alkyl halides is 3. The van der Waals surface area contributed by atoms with Gasteiger partial charge < -0.3 is 14.4 Å². The predicted molar refractivity (Wildman–Crippen MR) is 98.7 cm³/mol. The van der Waals surface area contributed by atoms with Crippen molar-refractivity contribution in [3.05, 3.63) is 42.3 Å². The first-order valence-electron chi connectivity index (χ1n) is 9.27. The highest BCUT2D eigenvalue weighted by atomic mass is 19.4. The van der Waals surface area contributed by atoms with Gasteiger partial charge in [-0.1, -0.05) is 0 Å². The minimum atomic E-state index is -4.28. The Morgan fingerprint density at radius 3 is 2.41 bits per heavy atom. The smallest absolute Gasteiger partial charge is 0.411 e. The quantitative estimate of drug-likeness (QED) is 0.487. The molecule has 1 fully saturated rings. The van der Waals surface area contributed by atoms with E-state index in [2.05, 4.69) is 19.6 Å². The van der Waals surface area contributed by atoms with E-state index in [0.717, 1.165) is 13.1 Å². The molecule has 3 rings (SSSR count). The normalized spacial score (nSPS) is 15.5. The van der Waals surface area contributed by atoms with E-state index in [-0.39, 0.29) is 12.4 Å². The number of piperazine rings is 1. The summed E-state index contributed by atoms with van der Waals surface area (Å²) in [6.07, 6.45) is -2.13. The summed E-state index contributed by atoms with van der Waals surface area (Å²) >= 11 is 0. The number of hydrogen-bond acceptors (Lipinski definition) is 6. The average molecular weight is 414 g/mol. The predicted octanol–water partition coefficient (Wildman–Crippen LogP) is 3.50. The second kappa shape index (κ2) is 9.84. The van der Waals surface area contributed by atoms with Crippen molar-refractivity contribution < 1.29 is 27.0 Å². The first kappa shape index (κ1) is 21.3. The highest BCUT2D eigenvalue weighted by Crippen LogP contribution is 2.21. The van der Waals surface area contributed by atoms with E-state index < -0.39 is 12.8 Å². The Morgan fingerprint density at radius 1 is 1.00 bits per heavy atom. The van der Waals surface area contributed by atoms with Gasteiger partial charge in [0.05, 0.1) is 0 Å². The molecule has 0 radical (unpaired) electrons. The molecule has 6 nitrogen and oxygen atoms in total. The Balaban J connectivity index is 1.43. The average Bonchev–Trinajstić information content (AvgIpc) is 2.69. The zero-order chi connectivity index (χ0) is 20.7. The SMILES string of the molecule is Fc1ccc(Oc2ccnc(N3CCN(CCCOCC(F)(F)F)CC3)n2)cc1. The lowest BCUT2D eigenvalue weighted by atomic mass is 10.3. The molecule has 0 saturated carbocycles. The molecule has 0 unspecified atom stereocenters. The monoisotopic (exact) mass is 414 g/mol. The minimum absolute atomic E-state index is 0.0889. The lowest BCUT2D eigenvalue weighted by Gasteiger charge is -2.34. The molecule has 1 saturated heterocycles. The van der Waals surface area contributed by atoms with E-state index in [1.165, 1.54) is 24.3 Å². The van der Waals surface area contributed by atoms with Crippen molar-refractivity contribution in [1.29, 1.82) is 0 Å². The van der Waals surface area contributed by atoms with Crippen molar-refractivity contribution in [2.24, 2.45) is 0 Å². The summed E-state index contributed by atoms with van der Waals surface area (Å²) in [6.45, 7) is 2.48. The molecule has 0 spiro atoms. The third-order valence-electron chi connectivity index (χ3n) is 4.34. The number of nitrogens with zero attached hydrogens (tertiary/aromatic N) is 4. The number of ether oxygens (including phenoxy) is 2. The molecule has 158 valence electrons. The van der Waals surface area contributed by atoms with Gasteiger partial charge in [0, 0.05) is 51.6 Å². The van der Waals surface area contributed by atoms with Crippen LogP contribution in [0.3, 0.4) is 0 Å². The fourth-order valence-electron chi connectivity index (χ4n) is 2.91. The first-order valence-corrected chi connectivity index (χ1v) is 9.27. The van der Waals surface area contributed by atoms with Crippen molar-refractivity contribution in [2.75, 3.05) is 50.8 Å². The van der Waals surface area contributed by atoms with Gasteiger partial charge in [0.25, 0.3) is 0 Å². The summed E-state index contributed by atoms with van der Waals surface area (Å²) < 4.78 is 59.3. The number of rotatable bonds is 8. The largest absolute Gasteiger partial charge is 0.439 e. The molecule has 1 aliphatic rings. The van der Waals surface area contributed by atoms with Gasteiger partial charge in [0.2, 0.25) is 11.8 Å². The Labute approximate surface area is 166 Å². The van der Waals surface area contributed by atoms with E-state index in [4.69, 9.17) is 4.74 Å². The van der Waals surface area contributed by atoms with E-state index in [0.29, 0.717) is 43.6 Å². The van der Waals surface area contributed by atoms with Crippen molar-refractivity contribution >= 4 is 5.95 Å². The zero-order valence-electron chi connectivity index (χ0n) is 15.7. The van der Waals surface area contributed by atoms with Gasteiger partial charge in [0.15, 0.2) is 0 Å². The maximum Gasteiger partial charge on any atom is 0.411 e. The standard InChI is InChI=1S/C19H22F4N4O2/c20-15-2-4-16(5-3-15)29-17-6-7-24-18(25-17)27-11-9-26(10-12-27)8-1-13-28-14-19(21,22)23/h2-7H,1,8-14H2. The third kappa shape index (κ3) is 7.13. The molecule has 1 aliphatic heterocycles. The molecular formula is C19H22F4N4O2. The molecule has 2 heterocycles. The molecule has 1 aromatic carbocycles. The molecular weight excluding hydrogens is 392 g/mol. The van der Waals surface area contributed by atoms with Crippen LogP contribution in [0.15, 0.2) is 36.5 Å². The van der Waals surface area contributed by atoms with Crippen molar-refractivity contribution in [3.8, 4) is 11.6 Å². The van der Waals surface area contributed by atoms with E-state index in [1.54, 1.807) is 12.3 Å². The summed E-state index contributed by atoms with van der Waals surface area (Å²) in [4.78, 5) is 12.9. The fourth-order valence-corrected chi connectivity index (χ4v) is 2.91. The Kier molecular flexibility index (Phi) is 7.21. The van der Waals surface area contributed by atoms with Crippen LogP contribution >= 0.6 is 0 Å². The van der Waals surface area contributed by atoms with Gasteiger partial charge in [-0.25, -0.2) is 9.37 Å². The van der Waals surface area contributed by atoms with Crippen LogP contribution in [0.2, 0.25) is 0 Å². The Bertz CT molecular complexity index is 766. The number of aromatic nitrogens is 2. The lowest BCUT2D eigenvalue weighted by molar-refractivity contribution is -0.174. The summed E-state index contributed by atoms with van der Waals surface area (Å²) in [5.74, 6) is 1.04. The molecule has 1 aromatic heterocycles. The number of halogens is 4. The van der Waals surface area contributed by atoms with E-state index in [1.807, 2.05) is 4.90 Å². The highest BCUT2D eigenvalue weighted by molar-refractivity contribution is 5.34. The Morgan fingerprint density at radius 2 is 1.72 bits per heavy atom. The number of anilines is 1. The highest BCUT2D eigenvalue weighted by Gasteiger charge is 2.27. The van der Waals surface area contributed by atoms with Crippen LogP contribution < -0.4 is 9.64 Å². The summed E-state index contributed by atoms with van der Waals surface area (Å²) in [6, 6.07) is 7.29. The lowest BCUT2D eigenvalue weighted by Crippen LogP contribution is -2.47. The topological polar surface area (TPSA) is 50.7 Å². The van der Waals surface area contributed by atoms with E-state index >= 15 is 0 Å².